The first-order chi connectivity index (χ1) is 9.06. The van der Waals surface area contributed by atoms with Crippen LogP contribution in [-0.4, -0.2) is 16.7 Å². The van der Waals surface area contributed by atoms with Gasteiger partial charge in [-0.2, -0.15) is 0 Å². The second-order valence-electron chi connectivity index (χ2n) is 3.98. The lowest BCUT2D eigenvalue weighted by atomic mass is 10.1. The van der Waals surface area contributed by atoms with Crippen LogP contribution in [-0.2, 0) is 0 Å². The van der Waals surface area contributed by atoms with E-state index in [0.29, 0.717) is 11.3 Å². The number of hydrogen-bond acceptors (Lipinski definition) is 3. The lowest BCUT2D eigenvalue weighted by Gasteiger charge is -2.05. The van der Waals surface area contributed by atoms with Crippen LogP contribution in [0.1, 0.15) is 27.6 Å². The van der Waals surface area contributed by atoms with E-state index in [1.807, 2.05) is 0 Å². The molecule has 0 unspecified atom stereocenters. The van der Waals surface area contributed by atoms with Gasteiger partial charge in [0.25, 0.3) is 5.91 Å². The van der Waals surface area contributed by atoms with Gasteiger partial charge in [-0.15, -0.1) is 0 Å². The van der Waals surface area contributed by atoms with Crippen molar-refractivity contribution in [2.24, 2.45) is 0 Å². The summed E-state index contributed by atoms with van der Waals surface area (Å²) in [5.41, 5.74) is 1.22. The number of aromatic nitrogens is 1. The zero-order valence-electron chi connectivity index (χ0n) is 10.2. The van der Waals surface area contributed by atoms with Gasteiger partial charge in [0.05, 0.1) is 11.8 Å². The number of rotatable bonds is 3. The van der Waals surface area contributed by atoms with Gasteiger partial charge in [-0.1, -0.05) is 0 Å². The van der Waals surface area contributed by atoms with Gasteiger partial charge in [0.1, 0.15) is 5.82 Å². The lowest BCUT2D eigenvalue weighted by Crippen LogP contribution is -2.12. The summed E-state index contributed by atoms with van der Waals surface area (Å²) < 4.78 is 12.9. The highest BCUT2D eigenvalue weighted by molar-refractivity contribution is 6.04. The van der Waals surface area contributed by atoms with Crippen LogP contribution in [0.15, 0.2) is 42.7 Å². The van der Waals surface area contributed by atoms with E-state index >= 15 is 0 Å². The summed E-state index contributed by atoms with van der Waals surface area (Å²) in [6, 6.07) is 7.55. The molecule has 0 atom stereocenters. The number of hydrogen-bond donors (Lipinski definition) is 1. The number of ketones is 1. The fourth-order valence-corrected chi connectivity index (χ4v) is 1.53. The first kappa shape index (κ1) is 12.9. The molecule has 1 aromatic carbocycles. The van der Waals surface area contributed by atoms with E-state index in [0.717, 1.165) is 12.3 Å². The molecule has 96 valence electrons. The minimum atomic E-state index is -0.570. The number of carbonyl (C=O) groups excluding carboxylic acids is 2. The number of carbonyl (C=O) groups is 2. The van der Waals surface area contributed by atoms with Crippen molar-refractivity contribution in [1.82, 2.24) is 4.98 Å². The van der Waals surface area contributed by atoms with Gasteiger partial charge in [0.2, 0.25) is 0 Å². The van der Waals surface area contributed by atoms with Crippen molar-refractivity contribution in [2.75, 3.05) is 5.32 Å². The van der Waals surface area contributed by atoms with E-state index in [1.54, 1.807) is 24.3 Å². The van der Waals surface area contributed by atoms with Crippen LogP contribution >= 0.6 is 0 Å². The van der Waals surface area contributed by atoms with Crippen LogP contribution in [0.25, 0.3) is 0 Å². The van der Waals surface area contributed by atoms with Gasteiger partial charge >= 0.3 is 0 Å². The molecule has 5 heteroatoms. The zero-order valence-corrected chi connectivity index (χ0v) is 10.2. The molecule has 0 radical (unpaired) electrons. The molecule has 0 spiro atoms. The number of pyridine rings is 1. The van der Waals surface area contributed by atoms with Gasteiger partial charge in [0, 0.05) is 17.4 Å². The number of halogens is 1. The van der Waals surface area contributed by atoms with Crippen LogP contribution < -0.4 is 5.32 Å². The molecule has 1 aromatic heterocycles. The van der Waals surface area contributed by atoms with Gasteiger partial charge in [-0.05, 0) is 37.3 Å². The molecule has 0 aliphatic carbocycles. The highest BCUT2D eigenvalue weighted by atomic mass is 19.1. The summed E-state index contributed by atoms with van der Waals surface area (Å²) in [6.07, 6.45) is 2.31. The monoisotopic (exact) mass is 258 g/mol. The summed E-state index contributed by atoms with van der Waals surface area (Å²) in [6.45, 7) is 1.46. The number of anilines is 1. The molecule has 4 nitrogen and oxygen atoms in total. The third kappa shape index (κ3) is 3.22. The molecule has 0 bridgehead atoms. The van der Waals surface area contributed by atoms with Crippen molar-refractivity contribution < 1.29 is 14.0 Å². The Labute approximate surface area is 109 Å². The molecule has 0 aliphatic heterocycles. The Hall–Kier alpha value is -2.56. The Bertz CT molecular complexity index is 624. The van der Waals surface area contributed by atoms with Gasteiger partial charge in [-0.25, -0.2) is 4.39 Å². The molecule has 0 fully saturated rings. The third-order valence-corrected chi connectivity index (χ3v) is 2.52. The molecule has 1 N–H and O–H groups in total. The quantitative estimate of drug-likeness (QED) is 0.861. The van der Waals surface area contributed by atoms with Crippen LogP contribution in [0.2, 0.25) is 0 Å². The summed E-state index contributed by atoms with van der Waals surface area (Å²) >= 11 is 0. The fourth-order valence-electron chi connectivity index (χ4n) is 1.53. The average Bonchev–Trinajstić information content (AvgIpc) is 2.39. The average molecular weight is 258 g/mol. The number of nitrogens with zero attached hydrogens (tertiary/aromatic N) is 1. The number of nitrogens with one attached hydrogen (secondary N) is 1. The maximum Gasteiger partial charge on any atom is 0.257 e. The molecular formula is C14H11FN2O2. The summed E-state index contributed by atoms with van der Waals surface area (Å²) in [4.78, 5) is 26.5. The van der Waals surface area contributed by atoms with E-state index in [-0.39, 0.29) is 11.3 Å². The maximum atomic E-state index is 12.9. The highest BCUT2D eigenvalue weighted by Crippen LogP contribution is 2.12. The Kier molecular flexibility index (Phi) is 3.66. The maximum absolute atomic E-state index is 12.9. The first-order valence-corrected chi connectivity index (χ1v) is 5.59. The molecule has 1 amide bonds. The van der Waals surface area contributed by atoms with E-state index in [2.05, 4.69) is 10.3 Å². The number of benzene rings is 1. The van der Waals surface area contributed by atoms with Crippen LogP contribution in [0, 0.1) is 5.82 Å². The molecule has 0 aliphatic rings. The largest absolute Gasteiger partial charge is 0.322 e. The van der Waals surface area contributed by atoms with Crippen LogP contribution in [0.3, 0.4) is 0 Å². The van der Waals surface area contributed by atoms with E-state index < -0.39 is 11.7 Å². The summed E-state index contributed by atoms with van der Waals surface area (Å²) in [5.74, 6) is -1.07. The fraction of sp³-hybridized carbons (Fsp3) is 0.0714. The minimum absolute atomic E-state index is 0.0489. The Morgan fingerprint density at radius 3 is 2.37 bits per heavy atom. The molecule has 1 heterocycles. The number of amides is 1. The van der Waals surface area contributed by atoms with E-state index in [1.165, 1.54) is 13.1 Å². The van der Waals surface area contributed by atoms with Crippen molar-refractivity contribution in [3.63, 3.8) is 0 Å². The van der Waals surface area contributed by atoms with Crippen molar-refractivity contribution in [3.05, 3.63) is 59.7 Å². The normalized spacial score (nSPS) is 10.0. The molecule has 0 saturated carbocycles. The van der Waals surface area contributed by atoms with Gasteiger partial charge in [-0.3, -0.25) is 14.6 Å². The van der Waals surface area contributed by atoms with Crippen molar-refractivity contribution in [1.29, 1.82) is 0 Å². The van der Waals surface area contributed by atoms with Crippen LogP contribution in [0.4, 0.5) is 10.1 Å². The van der Waals surface area contributed by atoms with E-state index in [4.69, 9.17) is 0 Å². The first-order valence-electron chi connectivity index (χ1n) is 5.59. The van der Waals surface area contributed by atoms with Crippen LogP contribution in [0.5, 0.6) is 0 Å². The molecule has 2 aromatic rings. The summed E-state index contributed by atoms with van der Waals surface area (Å²) in [7, 11) is 0. The molecule has 2 rings (SSSR count). The number of Topliss-reactive ketones (excluding diaryl/α,β-unsaturated/α-hetero) is 1. The highest BCUT2D eigenvalue weighted by Gasteiger charge is 2.08. The van der Waals surface area contributed by atoms with Crippen molar-refractivity contribution in [2.45, 2.75) is 6.92 Å². The zero-order chi connectivity index (χ0) is 13.8. The standard InChI is InChI=1S/C14H11FN2O2/c1-9(18)10-2-4-13(5-3-10)17-14(19)11-6-12(15)8-16-7-11/h2-8H,1H3,(H,17,19). The predicted molar refractivity (Wildman–Crippen MR) is 68.6 cm³/mol. The Morgan fingerprint density at radius 2 is 1.79 bits per heavy atom. The van der Waals surface area contributed by atoms with Gasteiger partial charge in [0.15, 0.2) is 5.78 Å². The summed E-state index contributed by atoms with van der Waals surface area (Å²) in [5, 5.41) is 2.59. The van der Waals surface area contributed by atoms with Gasteiger partial charge < -0.3 is 5.32 Å². The SMILES string of the molecule is CC(=O)c1ccc(NC(=O)c2cncc(F)c2)cc1. The third-order valence-electron chi connectivity index (χ3n) is 2.52. The topological polar surface area (TPSA) is 59.1 Å². The van der Waals surface area contributed by atoms with E-state index in [9.17, 15) is 14.0 Å². The second kappa shape index (κ2) is 5.39. The van der Waals surface area contributed by atoms with Crippen molar-refractivity contribution in [3.8, 4) is 0 Å². The van der Waals surface area contributed by atoms with Crippen molar-refractivity contribution >= 4 is 17.4 Å². The second-order valence-corrected chi connectivity index (χ2v) is 3.98. The Morgan fingerprint density at radius 1 is 1.11 bits per heavy atom. The Balaban J connectivity index is 2.13. The molecule has 19 heavy (non-hydrogen) atoms. The smallest absolute Gasteiger partial charge is 0.257 e. The lowest BCUT2D eigenvalue weighted by molar-refractivity contribution is 0.101. The molecule has 0 saturated heterocycles. The predicted octanol–water partition coefficient (Wildman–Crippen LogP) is 2.68. The molecular weight excluding hydrogens is 247 g/mol. The minimum Gasteiger partial charge on any atom is -0.322 e.